The number of aromatic nitrogens is 1. The first-order valence-corrected chi connectivity index (χ1v) is 10.0. The van der Waals surface area contributed by atoms with Crippen LogP contribution in [0.2, 0.25) is 5.02 Å². The molecule has 0 bridgehead atoms. The molecule has 150 valence electrons. The van der Waals surface area contributed by atoms with Gasteiger partial charge in [-0.15, -0.1) is 0 Å². The lowest BCUT2D eigenvalue weighted by Crippen LogP contribution is -2.36. The largest absolute Gasteiger partial charge is 0.479 e. The maximum Gasteiger partial charge on any atom is 0.339 e. The Morgan fingerprint density at radius 1 is 1.28 bits per heavy atom. The van der Waals surface area contributed by atoms with Gasteiger partial charge in [0.1, 0.15) is 11.3 Å². The third kappa shape index (κ3) is 4.12. The molecule has 7 heteroatoms. The second-order valence-electron chi connectivity index (χ2n) is 7.13. The first-order valence-electron chi connectivity index (χ1n) is 9.65. The number of carbonyl (C=O) groups excluding carboxylic acids is 1. The molecular weight excluding hydrogens is 392 g/mol. The summed E-state index contributed by atoms with van der Waals surface area (Å²) in [7, 11) is 0. The summed E-state index contributed by atoms with van der Waals surface area (Å²) in [6.07, 6.45) is 4.48. The van der Waals surface area contributed by atoms with Crippen molar-refractivity contribution in [3.63, 3.8) is 0 Å². The van der Waals surface area contributed by atoms with E-state index in [1.165, 1.54) is 0 Å². The zero-order valence-electron chi connectivity index (χ0n) is 16.0. The molecule has 0 aliphatic heterocycles. The Balaban J connectivity index is 1.53. The van der Waals surface area contributed by atoms with Crippen LogP contribution in [0.15, 0.2) is 45.7 Å². The van der Waals surface area contributed by atoms with E-state index in [1.54, 1.807) is 25.3 Å². The highest BCUT2D eigenvalue weighted by Gasteiger charge is 2.21. The lowest BCUT2D eigenvalue weighted by molar-refractivity contribution is -0.127. The highest BCUT2D eigenvalue weighted by Crippen LogP contribution is 2.34. The number of hydrogen-bond donors (Lipinski definition) is 1. The minimum absolute atomic E-state index is 0.293. The average molecular weight is 413 g/mol. The van der Waals surface area contributed by atoms with E-state index in [9.17, 15) is 9.59 Å². The topological polar surface area (TPSA) is 81.4 Å². The number of amides is 1. The average Bonchev–Trinajstić information content (AvgIpc) is 2.74. The Morgan fingerprint density at radius 3 is 2.83 bits per heavy atom. The highest BCUT2D eigenvalue weighted by atomic mass is 35.5. The predicted molar refractivity (Wildman–Crippen MR) is 110 cm³/mol. The Labute approximate surface area is 172 Å². The smallest absolute Gasteiger partial charge is 0.339 e. The van der Waals surface area contributed by atoms with Crippen molar-refractivity contribution >= 4 is 28.5 Å². The Morgan fingerprint density at radius 2 is 2.07 bits per heavy atom. The van der Waals surface area contributed by atoms with Crippen LogP contribution in [0.5, 0.6) is 5.75 Å². The highest BCUT2D eigenvalue weighted by molar-refractivity contribution is 6.32. The maximum atomic E-state index is 12.4. The molecule has 3 aromatic rings. The number of nitrogens with zero attached hydrogens (tertiary/aromatic N) is 1. The standard InChI is InChI=1S/C22H21ClN2O4/c1-13(21(26)25-12-14-6-4-5-9-24-14)28-20-11-19-17(10-18(20)23)15-7-2-3-8-16(15)22(27)29-19/h4-6,9-11,13H,2-3,7-8,12H2,1H3,(H,25,26)/t13-/m0/s1. The fourth-order valence-corrected chi connectivity index (χ4v) is 3.81. The van der Waals surface area contributed by atoms with Gasteiger partial charge in [0.2, 0.25) is 0 Å². The lowest BCUT2D eigenvalue weighted by atomic mass is 9.90. The second-order valence-corrected chi connectivity index (χ2v) is 7.54. The van der Waals surface area contributed by atoms with Crippen LogP contribution in [-0.2, 0) is 24.2 Å². The number of hydrogen-bond acceptors (Lipinski definition) is 5. The number of pyridine rings is 1. The van der Waals surface area contributed by atoms with Crippen molar-refractivity contribution in [3.8, 4) is 5.75 Å². The number of halogens is 1. The fourth-order valence-electron chi connectivity index (χ4n) is 3.60. The van der Waals surface area contributed by atoms with E-state index in [-0.39, 0.29) is 11.5 Å². The monoisotopic (exact) mass is 412 g/mol. The van der Waals surface area contributed by atoms with Gasteiger partial charge >= 0.3 is 5.63 Å². The molecule has 4 rings (SSSR count). The zero-order chi connectivity index (χ0) is 20.4. The predicted octanol–water partition coefficient (Wildman–Crippen LogP) is 3.80. The summed E-state index contributed by atoms with van der Waals surface area (Å²) in [5.74, 6) is 0.0114. The summed E-state index contributed by atoms with van der Waals surface area (Å²) in [6, 6.07) is 8.85. The van der Waals surface area contributed by atoms with E-state index in [0.717, 1.165) is 47.9 Å². The van der Waals surface area contributed by atoms with Crippen LogP contribution in [0.25, 0.3) is 11.0 Å². The molecule has 1 atom stereocenters. The lowest BCUT2D eigenvalue weighted by Gasteiger charge is -2.18. The van der Waals surface area contributed by atoms with E-state index in [1.807, 2.05) is 18.2 Å². The first-order chi connectivity index (χ1) is 14.0. The van der Waals surface area contributed by atoms with Gasteiger partial charge in [0.15, 0.2) is 6.10 Å². The number of carbonyl (C=O) groups is 1. The van der Waals surface area contributed by atoms with Crippen molar-refractivity contribution < 1.29 is 13.9 Å². The van der Waals surface area contributed by atoms with E-state index >= 15 is 0 Å². The molecule has 2 heterocycles. The second kappa shape index (κ2) is 8.25. The van der Waals surface area contributed by atoms with Crippen LogP contribution >= 0.6 is 11.6 Å². The van der Waals surface area contributed by atoms with Gasteiger partial charge in [0.05, 0.1) is 17.3 Å². The minimum atomic E-state index is -0.780. The number of benzene rings is 1. The van der Waals surface area contributed by atoms with Crippen LogP contribution in [0.3, 0.4) is 0 Å². The first kappa shape index (κ1) is 19.5. The number of aryl methyl sites for hydroxylation is 1. The molecule has 2 aromatic heterocycles. The molecular formula is C22H21ClN2O4. The number of fused-ring (bicyclic) bond motifs is 3. The van der Waals surface area contributed by atoms with E-state index in [4.69, 9.17) is 20.8 Å². The molecule has 1 aliphatic carbocycles. The van der Waals surface area contributed by atoms with Crippen molar-refractivity contribution in [2.24, 2.45) is 0 Å². The fraction of sp³-hybridized carbons (Fsp3) is 0.318. The molecule has 29 heavy (non-hydrogen) atoms. The van der Waals surface area contributed by atoms with Crippen molar-refractivity contribution in [3.05, 3.63) is 68.8 Å². The molecule has 0 saturated carbocycles. The van der Waals surface area contributed by atoms with Crippen molar-refractivity contribution in [2.45, 2.75) is 45.3 Å². The summed E-state index contributed by atoms with van der Waals surface area (Å²) >= 11 is 6.42. The minimum Gasteiger partial charge on any atom is -0.479 e. The third-order valence-electron chi connectivity index (χ3n) is 5.12. The molecule has 1 amide bonds. The van der Waals surface area contributed by atoms with Gasteiger partial charge in [-0.3, -0.25) is 9.78 Å². The van der Waals surface area contributed by atoms with Crippen LogP contribution in [0.1, 0.15) is 36.6 Å². The molecule has 1 N–H and O–H groups in total. The van der Waals surface area contributed by atoms with Crippen molar-refractivity contribution in [1.29, 1.82) is 0 Å². The molecule has 0 fully saturated rings. The van der Waals surface area contributed by atoms with Gasteiger partial charge in [-0.2, -0.15) is 0 Å². The molecule has 1 aromatic carbocycles. The molecule has 1 aliphatic rings. The number of nitrogens with one attached hydrogen (secondary N) is 1. The van der Waals surface area contributed by atoms with Gasteiger partial charge in [0.25, 0.3) is 5.91 Å². The van der Waals surface area contributed by atoms with E-state index in [0.29, 0.717) is 22.9 Å². The number of rotatable bonds is 5. The number of ether oxygens (including phenoxy) is 1. The van der Waals surface area contributed by atoms with Gasteiger partial charge in [-0.05, 0) is 56.4 Å². The van der Waals surface area contributed by atoms with Crippen LogP contribution in [-0.4, -0.2) is 17.0 Å². The molecule has 0 radical (unpaired) electrons. The summed E-state index contributed by atoms with van der Waals surface area (Å²) < 4.78 is 11.3. The summed E-state index contributed by atoms with van der Waals surface area (Å²) in [5.41, 5.74) is 2.63. The van der Waals surface area contributed by atoms with Crippen LogP contribution in [0.4, 0.5) is 0 Å². The zero-order valence-corrected chi connectivity index (χ0v) is 16.8. The molecule has 0 unspecified atom stereocenters. The Bertz CT molecular complexity index is 1110. The summed E-state index contributed by atoms with van der Waals surface area (Å²) in [6.45, 7) is 1.94. The SMILES string of the molecule is C[C@H](Oc1cc2oc(=O)c3c(c2cc1Cl)CCCC3)C(=O)NCc1ccccn1. The maximum absolute atomic E-state index is 12.4. The van der Waals surface area contributed by atoms with Crippen LogP contribution in [0, 0.1) is 0 Å². The molecule has 0 spiro atoms. The Hall–Kier alpha value is -2.86. The summed E-state index contributed by atoms with van der Waals surface area (Å²) in [5, 5.41) is 4.00. The molecule has 0 saturated heterocycles. The van der Waals surface area contributed by atoms with Crippen LogP contribution < -0.4 is 15.7 Å². The normalized spacial score (nSPS) is 14.3. The van der Waals surface area contributed by atoms with E-state index in [2.05, 4.69) is 10.3 Å². The van der Waals surface area contributed by atoms with Gasteiger partial charge in [-0.25, -0.2) is 4.79 Å². The van der Waals surface area contributed by atoms with E-state index < -0.39 is 6.10 Å². The van der Waals surface area contributed by atoms with Gasteiger partial charge in [0, 0.05) is 23.2 Å². The van der Waals surface area contributed by atoms with Gasteiger partial charge < -0.3 is 14.5 Å². The van der Waals surface area contributed by atoms with Crippen molar-refractivity contribution in [1.82, 2.24) is 10.3 Å². The third-order valence-corrected chi connectivity index (χ3v) is 5.41. The van der Waals surface area contributed by atoms with Gasteiger partial charge in [-0.1, -0.05) is 17.7 Å². The quantitative estimate of drug-likeness (QED) is 0.644. The van der Waals surface area contributed by atoms with Crippen molar-refractivity contribution in [2.75, 3.05) is 0 Å². The Kier molecular flexibility index (Phi) is 5.53. The summed E-state index contributed by atoms with van der Waals surface area (Å²) in [4.78, 5) is 28.8. The molecule has 6 nitrogen and oxygen atoms in total.